The van der Waals surface area contributed by atoms with Crippen LogP contribution in [0.15, 0.2) is 4.99 Å². The molecule has 0 amide bonds. The van der Waals surface area contributed by atoms with E-state index in [1.54, 1.807) is 13.4 Å². The summed E-state index contributed by atoms with van der Waals surface area (Å²) in [5.41, 5.74) is 0. The van der Waals surface area contributed by atoms with Crippen molar-refractivity contribution in [2.24, 2.45) is 4.99 Å². The van der Waals surface area contributed by atoms with E-state index in [1.807, 2.05) is 58.9 Å². The lowest BCUT2D eigenvalue weighted by Crippen LogP contribution is -2.06. The Hall–Kier alpha value is -0.570. The van der Waals surface area contributed by atoms with E-state index in [-0.39, 0.29) is 0 Å². The van der Waals surface area contributed by atoms with Gasteiger partial charge in [-0.3, -0.25) is 4.99 Å². The summed E-state index contributed by atoms with van der Waals surface area (Å²) in [5, 5.41) is 0. The molecular formula is C9H25N3. The SMILES string of the molecule is CC.CN(C)C.CN=CN(C)C. The third-order valence-electron chi connectivity index (χ3n) is 0.346. The topological polar surface area (TPSA) is 18.8 Å². The van der Waals surface area contributed by atoms with Crippen molar-refractivity contribution in [1.29, 1.82) is 0 Å². The van der Waals surface area contributed by atoms with Crippen LogP contribution in [0.1, 0.15) is 13.8 Å². The molecule has 0 heterocycles. The molecule has 12 heavy (non-hydrogen) atoms. The first kappa shape index (κ1) is 17.5. The molecule has 0 aromatic carbocycles. The minimum absolute atomic E-state index is 1.75. The molecule has 0 aromatic rings. The van der Waals surface area contributed by atoms with E-state index in [1.165, 1.54) is 0 Å². The van der Waals surface area contributed by atoms with Crippen LogP contribution in [0.4, 0.5) is 0 Å². The second-order valence-electron chi connectivity index (χ2n) is 2.68. The van der Waals surface area contributed by atoms with Crippen LogP contribution in [0, 0.1) is 0 Å². The first-order valence-electron chi connectivity index (χ1n) is 4.20. The van der Waals surface area contributed by atoms with Gasteiger partial charge in [-0.15, -0.1) is 0 Å². The maximum Gasteiger partial charge on any atom is 0.0841 e. The number of aliphatic imine (C=N–C) groups is 1. The van der Waals surface area contributed by atoms with Gasteiger partial charge in [0.05, 0.1) is 6.34 Å². The van der Waals surface area contributed by atoms with E-state index < -0.39 is 0 Å². The Morgan fingerprint density at radius 2 is 1.17 bits per heavy atom. The van der Waals surface area contributed by atoms with Gasteiger partial charge in [0, 0.05) is 21.1 Å². The third-order valence-corrected chi connectivity index (χ3v) is 0.346. The predicted octanol–water partition coefficient (Wildman–Crippen LogP) is 1.41. The van der Waals surface area contributed by atoms with Gasteiger partial charge >= 0.3 is 0 Å². The quantitative estimate of drug-likeness (QED) is 0.443. The van der Waals surface area contributed by atoms with E-state index in [4.69, 9.17) is 0 Å². The van der Waals surface area contributed by atoms with Gasteiger partial charge in [0.15, 0.2) is 0 Å². The molecule has 3 nitrogen and oxygen atoms in total. The van der Waals surface area contributed by atoms with E-state index in [0.717, 1.165) is 0 Å². The van der Waals surface area contributed by atoms with Crippen molar-refractivity contribution in [2.45, 2.75) is 13.8 Å². The smallest absolute Gasteiger partial charge is 0.0841 e. The van der Waals surface area contributed by atoms with Crippen LogP contribution in [0.25, 0.3) is 0 Å². The second kappa shape index (κ2) is 16.8. The maximum atomic E-state index is 3.74. The first-order chi connectivity index (χ1) is 5.50. The van der Waals surface area contributed by atoms with Gasteiger partial charge in [0.2, 0.25) is 0 Å². The van der Waals surface area contributed by atoms with Crippen LogP contribution >= 0.6 is 0 Å². The van der Waals surface area contributed by atoms with Crippen LogP contribution in [0.2, 0.25) is 0 Å². The van der Waals surface area contributed by atoms with Crippen molar-refractivity contribution in [3.63, 3.8) is 0 Å². The highest BCUT2D eigenvalue weighted by molar-refractivity contribution is 5.53. The molecule has 0 aromatic heterocycles. The number of hydrogen-bond donors (Lipinski definition) is 0. The molecule has 0 fully saturated rings. The molecule has 0 bridgehead atoms. The largest absolute Gasteiger partial charge is 0.369 e. The van der Waals surface area contributed by atoms with Crippen molar-refractivity contribution >= 4 is 6.34 Å². The molecule has 0 aliphatic heterocycles. The zero-order chi connectivity index (χ0) is 10.6. The van der Waals surface area contributed by atoms with Gasteiger partial charge < -0.3 is 9.80 Å². The maximum absolute atomic E-state index is 3.74. The molecular weight excluding hydrogens is 150 g/mol. The fourth-order valence-electron chi connectivity index (χ4n) is 0.231. The minimum Gasteiger partial charge on any atom is -0.369 e. The molecule has 0 N–H and O–H groups in total. The predicted molar refractivity (Wildman–Crippen MR) is 59.1 cm³/mol. The third kappa shape index (κ3) is 113. The van der Waals surface area contributed by atoms with Gasteiger partial charge in [0.25, 0.3) is 0 Å². The summed E-state index contributed by atoms with van der Waals surface area (Å²) in [6, 6.07) is 0. The highest BCUT2D eigenvalue weighted by Gasteiger charge is 1.67. The minimum atomic E-state index is 1.75. The fraction of sp³-hybridized carbons (Fsp3) is 0.889. The number of hydrogen-bond acceptors (Lipinski definition) is 2. The number of rotatable bonds is 1. The second-order valence-corrected chi connectivity index (χ2v) is 2.68. The monoisotopic (exact) mass is 175 g/mol. The molecule has 0 rings (SSSR count). The van der Waals surface area contributed by atoms with Crippen LogP contribution in [-0.2, 0) is 0 Å². The van der Waals surface area contributed by atoms with E-state index >= 15 is 0 Å². The van der Waals surface area contributed by atoms with Crippen molar-refractivity contribution in [2.75, 3.05) is 42.3 Å². The highest BCUT2D eigenvalue weighted by Crippen LogP contribution is 1.59. The summed E-state index contributed by atoms with van der Waals surface area (Å²) in [6.07, 6.45) is 1.75. The lowest BCUT2D eigenvalue weighted by Gasteiger charge is -1.98. The molecule has 76 valence electrons. The molecule has 0 aliphatic carbocycles. The van der Waals surface area contributed by atoms with E-state index in [0.29, 0.717) is 0 Å². The summed E-state index contributed by atoms with van der Waals surface area (Å²) < 4.78 is 0. The molecule has 3 heteroatoms. The van der Waals surface area contributed by atoms with Crippen molar-refractivity contribution in [3.05, 3.63) is 0 Å². The Labute approximate surface area is 78.1 Å². The lowest BCUT2D eigenvalue weighted by molar-refractivity contribution is 0.505. The zero-order valence-electron chi connectivity index (χ0n) is 9.92. The summed E-state index contributed by atoms with van der Waals surface area (Å²) in [4.78, 5) is 7.62. The molecule has 0 aliphatic rings. The van der Waals surface area contributed by atoms with Gasteiger partial charge in [-0.2, -0.15) is 0 Å². The van der Waals surface area contributed by atoms with Crippen molar-refractivity contribution in [3.8, 4) is 0 Å². The van der Waals surface area contributed by atoms with Crippen LogP contribution in [-0.4, -0.2) is 58.4 Å². The van der Waals surface area contributed by atoms with E-state index in [9.17, 15) is 0 Å². The van der Waals surface area contributed by atoms with Crippen LogP contribution in [0.5, 0.6) is 0 Å². The Balaban J connectivity index is -0.000000118. The molecule has 0 saturated carbocycles. The van der Waals surface area contributed by atoms with Crippen LogP contribution in [0.3, 0.4) is 0 Å². The lowest BCUT2D eigenvalue weighted by atomic mass is 10.9. The van der Waals surface area contributed by atoms with Crippen molar-refractivity contribution < 1.29 is 0 Å². The summed E-state index contributed by atoms with van der Waals surface area (Å²) in [7, 11) is 11.6. The summed E-state index contributed by atoms with van der Waals surface area (Å²) in [5.74, 6) is 0. The Kier molecular flexibility index (Phi) is 24.5. The Bertz CT molecular complexity index is 75.1. The Morgan fingerprint density at radius 3 is 1.17 bits per heavy atom. The average molecular weight is 175 g/mol. The number of nitrogens with zero attached hydrogens (tertiary/aromatic N) is 3. The first-order valence-corrected chi connectivity index (χ1v) is 4.20. The van der Waals surface area contributed by atoms with E-state index in [2.05, 4.69) is 4.99 Å². The van der Waals surface area contributed by atoms with Crippen LogP contribution < -0.4 is 0 Å². The molecule has 0 atom stereocenters. The van der Waals surface area contributed by atoms with Gasteiger partial charge in [0.1, 0.15) is 0 Å². The molecule has 0 saturated heterocycles. The Morgan fingerprint density at radius 1 is 0.917 bits per heavy atom. The summed E-state index contributed by atoms with van der Waals surface area (Å²) in [6.45, 7) is 4.00. The highest BCUT2D eigenvalue weighted by atomic mass is 15.1. The van der Waals surface area contributed by atoms with Crippen molar-refractivity contribution in [1.82, 2.24) is 9.80 Å². The molecule has 0 spiro atoms. The molecule has 0 radical (unpaired) electrons. The standard InChI is InChI=1S/C4H10N2.C3H9N.C2H6/c1-5-4-6(2)3;1-4(2)3;1-2/h4H,1-3H3;1-3H3;1-2H3. The summed E-state index contributed by atoms with van der Waals surface area (Å²) >= 11 is 0. The normalized spacial score (nSPS) is 8.42. The van der Waals surface area contributed by atoms with Gasteiger partial charge in [-0.25, -0.2) is 0 Å². The molecule has 0 unspecified atom stereocenters. The fourth-order valence-corrected chi connectivity index (χ4v) is 0.231. The zero-order valence-corrected chi connectivity index (χ0v) is 9.92. The van der Waals surface area contributed by atoms with Gasteiger partial charge in [-0.05, 0) is 21.1 Å². The van der Waals surface area contributed by atoms with Gasteiger partial charge in [-0.1, -0.05) is 13.8 Å². The average Bonchev–Trinajstić information content (AvgIpc) is 1.90.